The number of aromatic nitrogens is 1. The van der Waals surface area contributed by atoms with Gasteiger partial charge in [0.2, 0.25) is 5.91 Å². The van der Waals surface area contributed by atoms with Gasteiger partial charge in [0.05, 0.1) is 6.20 Å². The lowest BCUT2D eigenvalue weighted by Crippen LogP contribution is -2.48. The van der Waals surface area contributed by atoms with Crippen LogP contribution in [-0.4, -0.2) is 49.1 Å². The van der Waals surface area contributed by atoms with Crippen molar-refractivity contribution in [3.05, 3.63) is 42.2 Å². The molecule has 5 nitrogen and oxygen atoms in total. The summed E-state index contributed by atoms with van der Waals surface area (Å²) < 4.78 is 5.93. The Kier molecular flexibility index (Phi) is 4.17. The molecule has 0 bridgehead atoms. The van der Waals surface area contributed by atoms with E-state index in [0.29, 0.717) is 19.1 Å². The molecule has 2 aliphatic rings. The molecule has 1 aromatic heterocycles. The predicted molar refractivity (Wildman–Crippen MR) is 97.9 cm³/mol. The molecule has 130 valence electrons. The summed E-state index contributed by atoms with van der Waals surface area (Å²) in [6, 6.07) is 8.80. The summed E-state index contributed by atoms with van der Waals surface area (Å²) in [4.78, 5) is 20.2. The molecule has 4 rings (SSSR count). The zero-order valence-electron chi connectivity index (χ0n) is 14.7. The third kappa shape index (κ3) is 3.12. The van der Waals surface area contributed by atoms with Crippen LogP contribution in [0, 0.1) is 0 Å². The average Bonchev–Trinajstić information content (AvgIpc) is 2.63. The first-order valence-electron chi connectivity index (χ1n) is 8.80. The van der Waals surface area contributed by atoms with Gasteiger partial charge in [0.15, 0.2) is 0 Å². The fourth-order valence-corrected chi connectivity index (χ4v) is 3.46. The van der Waals surface area contributed by atoms with E-state index in [0.717, 1.165) is 35.5 Å². The topological polar surface area (TPSA) is 45.7 Å². The number of anilines is 1. The average molecular weight is 337 g/mol. The van der Waals surface area contributed by atoms with Gasteiger partial charge in [0, 0.05) is 37.0 Å². The van der Waals surface area contributed by atoms with Crippen LogP contribution >= 0.6 is 0 Å². The van der Waals surface area contributed by atoms with E-state index in [-0.39, 0.29) is 5.91 Å². The number of hydrogen-bond acceptors (Lipinski definition) is 4. The van der Waals surface area contributed by atoms with Gasteiger partial charge in [-0.1, -0.05) is 6.07 Å². The number of carbonyl (C=O) groups is 1. The largest absolute Gasteiger partial charge is 0.490 e. The zero-order chi connectivity index (χ0) is 17.4. The number of amides is 1. The third-order valence-electron chi connectivity index (χ3n) is 5.35. The molecule has 0 aliphatic carbocycles. The molecule has 0 spiro atoms. The molecule has 25 heavy (non-hydrogen) atoms. The van der Waals surface area contributed by atoms with Crippen LogP contribution in [0.25, 0.3) is 11.1 Å². The van der Waals surface area contributed by atoms with Crippen LogP contribution in [0.2, 0.25) is 0 Å². The lowest BCUT2D eigenvalue weighted by atomic mass is 9.97. The lowest BCUT2D eigenvalue weighted by Gasteiger charge is -2.37. The molecule has 1 fully saturated rings. The number of fused-ring (bicyclic) bond motifs is 1. The number of pyridine rings is 1. The van der Waals surface area contributed by atoms with Crippen molar-refractivity contribution in [3.8, 4) is 16.9 Å². The summed E-state index contributed by atoms with van der Waals surface area (Å²) in [5.74, 6) is 0.987. The highest BCUT2D eigenvalue weighted by atomic mass is 16.5. The van der Waals surface area contributed by atoms with Gasteiger partial charge in [-0.3, -0.25) is 14.7 Å². The van der Waals surface area contributed by atoms with Crippen molar-refractivity contribution in [1.29, 1.82) is 0 Å². The van der Waals surface area contributed by atoms with E-state index < -0.39 is 0 Å². The van der Waals surface area contributed by atoms with E-state index in [9.17, 15) is 4.79 Å². The fourth-order valence-electron chi connectivity index (χ4n) is 3.46. The van der Waals surface area contributed by atoms with Crippen LogP contribution in [0.4, 0.5) is 5.69 Å². The van der Waals surface area contributed by atoms with E-state index in [1.54, 1.807) is 11.1 Å². The van der Waals surface area contributed by atoms with E-state index in [4.69, 9.17) is 4.74 Å². The molecule has 0 saturated carbocycles. The number of benzene rings is 1. The van der Waals surface area contributed by atoms with Crippen LogP contribution in [0.1, 0.15) is 18.4 Å². The van der Waals surface area contributed by atoms with Crippen LogP contribution < -0.4 is 9.64 Å². The van der Waals surface area contributed by atoms with E-state index >= 15 is 0 Å². The molecule has 1 amide bonds. The highest BCUT2D eigenvalue weighted by Gasteiger charge is 2.24. The highest BCUT2D eigenvalue weighted by Crippen LogP contribution is 2.32. The molecule has 5 heteroatoms. The van der Waals surface area contributed by atoms with Gasteiger partial charge in [0.25, 0.3) is 0 Å². The zero-order valence-corrected chi connectivity index (χ0v) is 14.7. The highest BCUT2D eigenvalue weighted by molar-refractivity contribution is 5.96. The van der Waals surface area contributed by atoms with Gasteiger partial charge in [-0.2, -0.15) is 0 Å². The summed E-state index contributed by atoms with van der Waals surface area (Å²) in [6.07, 6.45) is 6.20. The van der Waals surface area contributed by atoms with Crippen molar-refractivity contribution in [3.63, 3.8) is 0 Å². The second kappa shape index (κ2) is 6.48. The molecule has 3 heterocycles. The second-order valence-electron chi connectivity index (χ2n) is 6.94. The predicted octanol–water partition coefficient (Wildman–Crippen LogP) is 2.74. The normalized spacial score (nSPS) is 20.2. The number of likely N-dealkylation sites (tertiary alicyclic amines) is 1. The molecular formula is C20H23N3O2. The molecule has 0 unspecified atom stereocenters. The first-order valence-corrected chi connectivity index (χ1v) is 8.80. The fraction of sp³-hybridized carbons (Fsp3) is 0.400. The Morgan fingerprint density at radius 1 is 1.16 bits per heavy atom. The molecule has 0 N–H and O–H groups in total. The van der Waals surface area contributed by atoms with Crippen molar-refractivity contribution < 1.29 is 9.53 Å². The van der Waals surface area contributed by atoms with Crippen molar-refractivity contribution in [1.82, 2.24) is 9.88 Å². The summed E-state index contributed by atoms with van der Waals surface area (Å²) >= 11 is 0. The molecule has 1 aromatic carbocycles. The minimum atomic E-state index is 0.179. The maximum Gasteiger partial charge on any atom is 0.227 e. The minimum absolute atomic E-state index is 0.179. The number of nitrogens with zero attached hydrogens (tertiary/aromatic N) is 3. The van der Waals surface area contributed by atoms with Gasteiger partial charge in [-0.25, -0.2) is 0 Å². The number of ether oxygens (including phenoxy) is 1. The van der Waals surface area contributed by atoms with Crippen molar-refractivity contribution in [2.75, 3.05) is 32.1 Å². The number of aryl methyl sites for hydroxylation is 1. The Balaban J connectivity index is 1.53. The Labute approximate surface area is 148 Å². The summed E-state index contributed by atoms with van der Waals surface area (Å²) in [5, 5.41) is 0. The van der Waals surface area contributed by atoms with Crippen molar-refractivity contribution in [2.24, 2.45) is 0 Å². The number of rotatable bonds is 4. The maximum atomic E-state index is 11.8. The Bertz CT molecular complexity index is 805. The molecule has 2 aliphatic heterocycles. The standard InChI is InChI=1S/C20H23N3O2/c1-22-8-7-17(22)13-25-18-10-16(11-21-12-18)14-3-5-19-15(9-14)4-6-20(24)23(19)2/h3,5,9-12,17H,4,6-8,13H2,1-2H3/t17-/m0/s1. The first kappa shape index (κ1) is 16.1. The molecule has 1 atom stereocenters. The van der Waals surface area contributed by atoms with Gasteiger partial charge in [-0.05, 0) is 55.8 Å². The smallest absolute Gasteiger partial charge is 0.227 e. The van der Waals surface area contributed by atoms with Crippen LogP contribution in [0.15, 0.2) is 36.7 Å². The van der Waals surface area contributed by atoms with E-state index in [1.807, 2.05) is 25.4 Å². The quantitative estimate of drug-likeness (QED) is 0.861. The van der Waals surface area contributed by atoms with Gasteiger partial charge < -0.3 is 9.64 Å². The van der Waals surface area contributed by atoms with Gasteiger partial charge >= 0.3 is 0 Å². The van der Waals surface area contributed by atoms with Gasteiger partial charge in [0.1, 0.15) is 12.4 Å². The third-order valence-corrected chi connectivity index (χ3v) is 5.35. The number of likely N-dealkylation sites (N-methyl/N-ethyl adjacent to an activating group) is 1. The summed E-state index contributed by atoms with van der Waals surface area (Å²) in [5.41, 5.74) is 4.37. The lowest BCUT2D eigenvalue weighted by molar-refractivity contribution is -0.118. The Morgan fingerprint density at radius 2 is 2.04 bits per heavy atom. The molecular weight excluding hydrogens is 314 g/mol. The number of hydrogen-bond donors (Lipinski definition) is 0. The number of carbonyl (C=O) groups excluding carboxylic acids is 1. The summed E-state index contributed by atoms with van der Waals surface area (Å²) in [7, 11) is 3.97. The SMILES string of the molecule is CN1C(=O)CCc2cc(-c3cncc(OC[C@@H]4CCN4C)c3)ccc21. The van der Waals surface area contributed by atoms with Crippen LogP contribution in [-0.2, 0) is 11.2 Å². The molecule has 2 aromatic rings. The first-order chi connectivity index (χ1) is 12.1. The minimum Gasteiger partial charge on any atom is -0.490 e. The summed E-state index contributed by atoms with van der Waals surface area (Å²) in [6.45, 7) is 1.86. The van der Waals surface area contributed by atoms with E-state index in [1.165, 1.54) is 12.0 Å². The maximum absolute atomic E-state index is 11.8. The monoisotopic (exact) mass is 337 g/mol. The van der Waals surface area contributed by atoms with E-state index in [2.05, 4.69) is 29.1 Å². The van der Waals surface area contributed by atoms with Gasteiger partial charge in [-0.15, -0.1) is 0 Å². The Hall–Kier alpha value is -2.40. The van der Waals surface area contributed by atoms with Crippen LogP contribution in [0.5, 0.6) is 5.75 Å². The van der Waals surface area contributed by atoms with Crippen molar-refractivity contribution in [2.45, 2.75) is 25.3 Å². The Morgan fingerprint density at radius 3 is 2.80 bits per heavy atom. The van der Waals surface area contributed by atoms with Crippen molar-refractivity contribution >= 4 is 11.6 Å². The second-order valence-corrected chi connectivity index (χ2v) is 6.94. The molecule has 0 radical (unpaired) electrons. The molecule has 1 saturated heterocycles. The van der Waals surface area contributed by atoms with Crippen LogP contribution in [0.3, 0.4) is 0 Å².